The molecule has 0 amide bonds. The number of benzene rings is 1. The van der Waals surface area contributed by atoms with E-state index in [2.05, 4.69) is 46.5 Å². The number of hydrogen-bond donors (Lipinski definition) is 2. The van der Waals surface area contributed by atoms with Crippen molar-refractivity contribution in [1.82, 2.24) is 10.6 Å². The number of guanidine groups is 1. The maximum absolute atomic E-state index is 5.73. The molecule has 0 bridgehead atoms. The van der Waals surface area contributed by atoms with E-state index in [0.717, 1.165) is 12.5 Å². The number of aliphatic imine (C=N–C) groups is 1. The Morgan fingerprint density at radius 1 is 1.42 bits per heavy atom. The maximum atomic E-state index is 5.73. The van der Waals surface area contributed by atoms with Crippen LogP contribution in [-0.2, 0) is 6.42 Å². The molecule has 102 valence electrons. The second kappa shape index (κ2) is 6.62. The molecule has 1 unspecified atom stereocenters. The predicted octanol–water partition coefficient (Wildman–Crippen LogP) is 2.63. The fourth-order valence-corrected chi connectivity index (χ4v) is 2.54. The van der Waals surface area contributed by atoms with Gasteiger partial charge in [0.15, 0.2) is 5.96 Å². The second-order valence-electron chi connectivity index (χ2n) is 4.76. The monoisotopic (exact) mass is 277 g/mol. The first-order valence-corrected chi connectivity index (χ1v) is 6.94. The molecular formula is C15H20ClN3. The van der Waals surface area contributed by atoms with Crippen molar-refractivity contribution in [2.75, 3.05) is 20.1 Å². The first kappa shape index (κ1) is 13.9. The van der Waals surface area contributed by atoms with Crippen LogP contribution in [0.4, 0.5) is 0 Å². The van der Waals surface area contributed by atoms with E-state index in [-0.39, 0.29) is 0 Å². The molecule has 4 heteroatoms. The summed E-state index contributed by atoms with van der Waals surface area (Å²) < 4.78 is 0. The van der Waals surface area contributed by atoms with Gasteiger partial charge in [0.2, 0.25) is 0 Å². The zero-order valence-corrected chi connectivity index (χ0v) is 12.0. The molecule has 3 nitrogen and oxygen atoms in total. The van der Waals surface area contributed by atoms with E-state index >= 15 is 0 Å². The van der Waals surface area contributed by atoms with E-state index in [0.29, 0.717) is 17.5 Å². The van der Waals surface area contributed by atoms with Crippen LogP contribution in [0, 0.1) is 0 Å². The summed E-state index contributed by atoms with van der Waals surface area (Å²) in [6.07, 6.45) is 2.37. The van der Waals surface area contributed by atoms with Crippen LogP contribution in [0.3, 0.4) is 0 Å². The molecule has 2 N–H and O–H groups in total. The highest BCUT2D eigenvalue weighted by molar-refractivity contribution is 6.29. The van der Waals surface area contributed by atoms with E-state index in [1.165, 1.54) is 24.0 Å². The molecule has 0 aromatic heterocycles. The van der Waals surface area contributed by atoms with Gasteiger partial charge in [-0.2, -0.15) is 0 Å². The summed E-state index contributed by atoms with van der Waals surface area (Å²) in [6, 6.07) is 8.67. The van der Waals surface area contributed by atoms with Gasteiger partial charge >= 0.3 is 0 Å². The molecule has 0 aliphatic heterocycles. The molecular weight excluding hydrogens is 258 g/mol. The van der Waals surface area contributed by atoms with E-state index in [1.807, 2.05) is 0 Å². The Morgan fingerprint density at radius 3 is 2.95 bits per heavy atom. The third-order valence-electron chi connectivity index (χ3n) is 3.44. The summed E-state index contributed by atoms with van der Waals surface area (Å²) in [5.74, 6) is 1.33. The highest BCUT2D eigenvalue weighted by atomic mass is 35.5. The average Bonchev–Trinajstić information content (AvgIpc) is 2.82. The smallest absolute Gasteiger partial charge is 0.191 e. The fraction of sp³-hybridized carbons (Fsp3) is 0.400. The molecule has 1 aliphatic carbocycles. The van der Waals surface area contributed by atoms with Crippen LogP contribution in [0.2, 0.25) is 0 Å². The van der Waals surface area contributed by atoms with Crippen molar-refractivity contribution in [1.29, 1.82) is 0 Å². The summed E-state index contributed by atoms with van der Waals surface area (Å²) in [7, 11) is 1.76. The Labute approximate surface area is 119 Å². The molecule has 0 radical (unpaired) electrons. The van der Waals surface area contributed by atoms with Crippen LogP contribution in [0.15, 0.2) is 40.9 Å². The number of nitrogens with zero attached hydrogens (tertiary/aromatic N) is 1. The van der Waals surface area contributed by atoms with Gasteiger partial charge in [-0.1, -0.05) is 42.4 Å². The van der Waals surface area contributed by atoms with Crippen molar-refractivity contribution in [2.24, 2.45) is 4.99 Å². The normalized spacial score (nSPS) is 18.0. The van der Waals surface area contributed by atoms with Crippen molar-refractivity contribution in [3.8, 4) is 0 Å². The Bertz CT molecular complexity index is 482. The SMILES string of the molecule is C=C(Cl)CNC(=NC)NCC1CCc2ccccc21. The Balaban J connectivity index is 1.87. The first-order chi connectivity index (χ1) is 9.20. The van der Waals surface area contributed by atoms with Crippen LogP contribution >= 0.6 is 11.6 Å². The summed E-state index contributed by atoms with van der Waals surface area (Å²) in [6.45, 7) is 5.07. The van der Waals surface area contributed by atoms with Crippen molar-refractivity contribution in [2.45, 2.75) is 18.8 Å². The van der Waals surface area contributed by atoms with Crippen molar-refractivity contribution in [3.63, 3.8) is 0 Å². The third kappa shape index (κ3) is 3.74. The van der Waals surface area contributed by atoms with Gasteiger partial charge in [-0.3, -0.25) is 4.99 Å². The molecule has 0 saturated carbocycles. The van der Waals surface area contributed by atoms with Gasteiger partial charge < -0.3 is 10.6 Å². The third-order valence-corrected chi connectivity index (χ3v) is 3.58. The lowest BCUT2D eigenvalue weighted by molar-refractivity contribution is 0.644. The molecule has 0 spiro atoms. The highest BCUT2D eigenvalue weighted by Gasteiger charge is 2.21. The van der Waals surface area contributed by atoms with Gasteiger partial charge in [0, 0.05) is 24.5 Å². The maximum Gasteiger partial charge on any atom is 0.191 e. The fourth-order valence-electron chi connectivity index (χ4n) is 2.48. The number of halogens is 1. The molecule has 0 saturated heterocycles. The number of aryl methyl sites for hydroxylation is 1. The quantitative estimate of drug-likeness (QED) is 0.656. The predicted molar refractivity (Wildman–Crippen MR) is 81.9 cm³/mol. The summed E-state index contributed by atoms with van der Waals surface area (Å²) in [4.78, 5) is 4.17. The van der Waals surface area contributed by atoms with E-state index < -0.39 is 0 Å². The molecule has 2 rings (SSSR count). The van der Waals surface area contributed by atoms with Gasteiger partial charge in [0.05, 0.1) is 6.54 Å². The topological polar surface area (TPSA) is 36.4 Å². The molecule has 19 heavy (non-hydrogen) atoms. The van der Waals surface area contributed by atoms with Gasteiger partial charge in [-0.15, -0.1) is 0 Å². The lowest BCUT2D eigenvalue weighted by Crippen LogP contribution is -2.39. The largest absolute Gasteiger partial charge is 0.356 e. The van der Waals surface area contributed by atoms with Gasteiger partial charge in [0.25, 0.3) is 0 Å². The Kier molecular flexibility index (Phi) is 4.86. The number of hydrogen-bond acceptors (Lipinski definition) is 1. The van der Waals surface area contributed by atoms with Crippen molar-refractivity contribution < 1.29 is 0 Å². The van der Waals surface area contributed by atoms with Crippen LogP contribution in [-0.4, -0.2) is 26.1 Å². The zero-order valence-electron chi connectivity index (χ0n) is 11.2. The highest BCUT2D eigenvalue weighted by Crippen LogP contribution is 2.31. The van der Waals surface area contributed by atoms with Crippen LogP contribution in [0.25, 0.3) is 0 Å². The standard InChI is InChI=1S/C15H20ClN3/c1-11(16)9-18-15(17-2)19-10-13-8-7-12-5-3-4-6-14(12)13/h3-6,13H,1,7-10H2,2H3,(H2,17,18,19). The van der Waals surface area contributed by atoms with Crippen LogP contribution in [0.1, 0.15) is 23.5 Å². The summed E-state index contributed by atoms with van der Waals surface area (Å²) in [5.41, 5.74) is 2.94. The molecule has 0 fully saturated rings. The minimum absolute atomic E-state index is 0.530. The second-order valence-corrected chi connectivity index (χ2v) is 5.29. The zero-order chi connectivity index (χ0) is 13.7. The minimum Gasteiger partial charge on any atom is -0.356 e. The molecule has 0 heterocycles. The lowest BCUT2D eigenvalue weighted by atomic mass is 10.0. The number of rotatable bonds is 4. The first-order valence-electron chi connectivity index (χ1n) is 6.56. The molecule has 1 atom stereocenters. The van der Waals surface area contributed by atoms with Crippen molar-refractivity contribution >= 4 is 17.6 Å². The number of nitrogens with one attached hydrogen (secondary N) is 2. The van der Waals surface area contributed by atoms with Crippen LogP contribution < -0.4 is 10.6 Å². The molecule has 1 aromatic carbocycles. The average molecular weight is 278 g/mol. The van der Waals surface area contributed by atoms with E-state index in [4.69, 9.17) is 11.6 Å². The molecule has 1 aromatic rings. The van der Waals surface area contributed by atoms with Gasteiger partial charge in [-0.25, -0.2) is 0 Å². The van der Waals surface area contributed by atoms with Crippen LogP contribution in [0.5, 0.6) is 0 Å². The summed E-state index contributed by atoms with van der Waals surface area (Å²) in [5, 5.41) is 7.05. The Hall–Kier alpha value is -1.48. The van der Waals surface area contributed by atoms with E-state index in [9.17, 15) is 0 Å². The number of fused-ring (bicyclic) bond motifs is 1. The van der Waals surface area contributed by atoms with E-state index in [1.54, 1.807) is 7.05 Å². The summed E-state index contributed by atoms with van der Waals surface area (Å²) >= 11 is 5.73. The molecule has 1 aliphatic rings. The van der Waals surface area contributed by atoms with Gasteiger partial charge in [-0.05, 0) is 24.0 Å². The van der Waals surface area contributed by atoms with Crippen molar-refractivity contribution in [3.05, 3.63) is 47.0 Å². The Morgan fingerprint density at radius 2 is 2.21 bits per heavy atom. The lowest BCUT2D eigenvalue weighted by Gasteiger charge is -2.16. The van der Waals surface area contributed by atoms with Gasteiger partial charge in [0.1, 0.15) is 0 Å². The minimum atomic E-state index is 0.530.